The normalized spacial score (nSPS) is 17.7. The molecule has 0 spiro atoms. The Labute approximate surface area is 192 Å². The fourth-order valence-electron chi connectivity index (χ4n) is 5.14. The second-order valence-electron chi connectivity index (χ2n) is 9.05. The molecule has 0 unspecified atom stereocenters. The van der Waals surface area contributed by atoms with Crippen molar-refractivity contribution >= 4 is 21.6 Å². The van der Waals surface area contributed by atoms with Crippen molar-refractivity contribution in [2.45, 2.75) is 70.1 Å². The van der Waals surface area contributed by atoms with Crippen LogP contribution in [0.1, 0.15) is 54.8 Å². The number of thiophene rings is 1. The second kappa shape index (κ2) is 9.73. The Balaban J connectivity index is 1.32. The molecule has 1 atom stereocenters. The molecule has 5 rings (SSSR count). The number of para-hydroxylation sites is 1. The van der Waals surface area contributed by atoms with Crippen molar-refractivity contribution in [1.82, 2.24) is 14.9 Å². The molecular weight excluding hydrogens is 422 g/mol. The quantitative estimate of drug-likeness (QED) is 0.538. The van der Waals surface area contributed by atoms with E-state index in [-0.39, 0.29) is 12.2 Å². The summed E-state index contributed by atoms with van der Waals surface area (Å²) in [5.74, 6) is 1.46. The number of ether oxygens (including phenoxy) is 1. The molecular formula is C25H31N3O3S. The zero-order valence-electron chi connectivity index (χ0n) is 18.4. The van der Waals surface area contributed by atoms with Crippen LogP contribution in [-0.2, 0) is 19.4 Å². The minimum absolute atomic E-state index is 0.0130. The number of nitrogens with one attached hydrogen (secondary N) is 1. The van der Waals surface area contributed by atoms with Crippen LogP contribution in [0.2, 0.25) is 0 Å². The highest BCUT2D eigenvalue weighted by atomic mass is 32.1. The van der Waals surface area contributed by atoms with Gasteiger partial charge in [-0.3, -0.25) is 9.69 Å². The summed E-state index contributed by atoms with van der Waals surface area (Å²) >= 11 is 1.68. The molecule has 0 aliphatic heterocycles. The Bertz CT molecular complexity index is 1100. The van der Waals surface area contributed by atoms with E-state index in [0.29, 0.717) is 25.0 Å². The summed E-state index contributed by atoms with van der Waals surface area (Å²) in [6.45, 7) is 1.29. The van der Waals surface area contributed by atoms with Crippen LogP contribution in [0.4, 0.5) is 0 Å². The Morgan fingerprint density at radius 3 is 2.78 bits per heavy atom. The number of benzene rings is 1. The molecule has 2 heterocycles. The van der Waals surface area contributed by atoms with E-state index in [2.05, 4.69) is 9.88 Å². The first-order chi connectivity index (χ1) is 15.7. The van der Waals surface area contributed by atoms with E-state index in [1.165, 1.54) is 29.7 Å². The summed E-state index contributed by atoms with van der Waals surface area (Å²) in [5.41, 5.74) is 1.20. The highest BCUT2D eigenvalue weighted by Crippen LogP contribution is 2.34. The molecule has 2 N–H and O–H groups in total. The highest BCUT2D eigenvalue weighted by Gasteiger charge is 2.26. The van der Waals surface area contributed by atoms with Gasteiger partial charge in [-0.2, -0.15) is 0 Å². The molecule has 1 saturated carbocycles. The molecule has 7 heteroatoms. The van der Waals surface area contributed by atoms with Gasteiger partial charge in [-0.1, -0.05) is 37.5 Å². The average Bonchev–Trinajstić information content (AvgIpc) is 3.39. The predicted molar refractivity (Wildman–Crippen MR) is 127 cm³/mol. The SMILES string of the molecule is O=c1[nH]c(CN(C[C@@H](O)COc2ccccc2)C2CCCCC2)nc2sc3c(c12)CCC3. The lowest BCUT2D eigenvalue weighted by Gasteiger charge is -2.35. The van der Waals surface area contributed by atoms with Crippen LogP contribution >= 0.6 is 11.3 Å². The summed E-state index contributed by atoms with van der Waals surface area (Å²) in [5, 5.41) is 11.5. The van der Waals surface area contributed by atoms with Gasteiger partial charge >= 0.3 is 0 Å². The number of fused-ring (bicyclic) bond motifs is 3. The van der Waals surface area contributed by atoms with Crippen molar-refractivity contribution in [3.63, 3.8) is 0 Å². The van der Waals surface area contributed by atoms with Crippen molar-refractivity contribution in [3.05, 3.63) is 57.0 Å². The third kappa shape index (κ3) is 4.75. The van der Waals surface area contributed by atoms with Crippen LogP contribution < -0.4 is 10.3 Å². The molecule has 1 aromatic carbocycles. The van der Waals surface area contributed by atoms with E-state index >= 15 is 0 Å². The van der Waals surface area contributed by atoms with Crippen molar-refractivity contribution in [2.24, 2.45) is 0 Å². The molecule has 2 aliphatic rings. The van der Waals surface area contributed by atoms with Gasteiger partial charge in [0.15, 0.2) is 0 Å². The standard InChI is InChI=1S/C25H31N3O3S/c29-18(16-31-19-10-5-2-6-11-19)14-28(17-8-3-1-4-9-17)15-22-26-24(30)23-20-12-7-13-21(20)32-25(23)27-22/h2,5-6,10-11,17-18,29H,1,3-4,7-9,12-16H2,(H,26,27,30)/t18-/m1/s1. The van der Waals surface area contributed by atoms with Crippen LogP contribution in [0.25, 0.3) is 10.2 Å². The fraction of sp³-hybridized carbons (Fsp3) is 0.520. The maximum atomic E-state index is 12.9. The molecule has 2 aliphatic carbocycles. The number of hydrogen-bond donors (Lipinski definition) is 2. The van der Waals surface area contributed by atoms with E-state index in [4.69, 9.17) is 9.72 Å². The molecule has 32 heavy (non-hydrogen) atoms. The van der Waals surface area contributed by atoms with Crippen molar-refractivity contribution < 1.29 is 9.84 Å². The lowest BCUT2D eigenvalue weighted by Crippen LogP contribution is -2.43. The van der Waals surface area contributed by atoms with E-state index in [0.717, 1.165) is 48.1 Å². The average molecular weight is 454 g/mol. The largest absolute Gasteiger partial charge is 0.491 e. The number of aromatic nitrogens is 2. The molecule has 0 saturated heterocycles. The number of H-pyrrole nitrogens is 1. The molecule has 1 fully saturated rings. The number of nitrogens with zero attached hydrogens (tertiary/aromatic N) is 2. The second-order valence-corrected chi connectivity index (χ2v) is 10.1. The molecule has 0 radical (unpaired) electrons. The van der Waals surface area contributed by atoms with Gasteiger partial charge in [0.05, 0.1) is 11.9 Å². The lowest BCUT2D eigenvalue weighted by atomic mass is 9.94. The summed E-state index contributed by atoms with van der Waals surface area (Å²) in [6, 6.07) is 9.98. The minimum Gasteiger partial charge on any atom is -0.491 e. The van der Waals surface area contributed by atoms with Crippen LogP contribution in [-0.4, -0.2) is 45.3 Å². The number of aliphatic hydroxyl groups is 1. The van der Waals surface area contributed by atoms with Crippen molar-refractivity contribution in [2.75, 3.05) is 13.2 Å². The maximum Gasteiger partial charge on any atom is 0.259 e. The molecule has 0 bridgehead atoms. The number of rotatable bonds is 8. The lowest BCUT2D eigenvalue weighted by molar-refractivity contribution is 0.0387. The molecule has 3 aromatic rings. The van der Waals surface area contributed by atoms with Gasteiger partial charge < -0.3 is 14.8 Å². The molecule has 6 nitrogen and oxygen atoms in total. The number of aromatic amines is 1. The van der Waals surface area contributed by atoms with Crippen LogP contribution in [0.15, 0.2) is 35.1 Å². The van der Waals surface area contributed by atoms with Crippen LogP contribution in [0.5, 0.6) is 5.75 Å². The number of aliphatic hydroxyl groups excluding tert-OH is 1. The summed E-state index contributed by atoms with van der Waals surface area (Å²) in [6.07, 6.45) is 8.49. The first-order valence-corrected chi connectivity index (χ1v) is 12.6. The van der Waals surface area contributed by atoms with Gasteiger partial charge in [-0.25, -0.2) is 4.98 Å². The first-order valence-electron chi connectivity index (χ1n) is 11.8. The summed E-state index contributed by atoms with van der Waals surface area (Å²) < 4.78 is 5.77. The summed E-state index contributed by atoms with van der Waals surface area (Å²) in [7, 11) is 0. The number of hydrogen-bond acceptors (Lipinski definition) is 6. The zero-order valence-corrected chi connectivity index (χ0v) is 19.2. The maximum absolute atomic E-state index is 12.9. The smallest absolute Gasteiger partial charge is 0.259 e. The number of aryl methyl sites for hydroxylation is 2. The zero-order chi connectivity index (χ0) is 21.9. The topological polar surface area (TPSA) is 78.5 Å². The molecule has 170 valence electrons. The van der Waals surface area contributed by atoms with E-state index < -0.39 is 6.10 Å². The molecule has 0 amide bonds. The third-order valence-corrected chi connectivity index (χ3v) is 7.88. The van der Waals surface area contributed by atoms with E-state index in [1.54, 1.807) is 11.3 Å². The van der Waals surface area contributed by atoms with Gasteiger partial charge in [0.1, 0.15) is 29.1 Å². The Morgan fingerprint density at radius 2 is 1.97 bits per heavy atom. The van der Waals surface area contributed by atoms with E-state index in [9.17, 15) is 9.90 Å². The van der Waals surface area contributed by atoms with Gasteiger partial charge in [0.25, 0.3) is 5.56 Å². The van der Waals surface area contributed by atoms with Gasteiger partial charge in [0, 0.05) is 17.5 Å². The predicted octanol–water partition coefficient (Wildman–Crippen LogP) is 4.05. The van der Waals surface area contributed by atoms with Gasteiger partial charge in [0.2, 0.25) is 0 Å². The fourth-order valence-corrected chi connectivity index (χ4v) is 6.42. The Morgan fingerprint density at radius 1 is 1.16 bits per heavy atom. The van der Waals surface area contributed by atoms with E-state index in [1.807, 2.05) is 30.3 Å². The van der Waals surface area contributed by atoms with Gasteiger partial charge in [-0.15, -0.1) is 11.3 Å². The summed E-state index contributed by atoms with van der Waals surface area (Å²) in [4.78, 5) is 25.3. The van der Waals surface area contributed by atoms with Crippen LogP contribution in [0, 0.1) is 0 Å². The van der Waals surface area contributed by atoms with Crippen LogP contribution in [0.3, 0.4) is 0 Å². The van der Waals surface area contributed by atoms with Gasteiger partial charge in [-0.05, 0) is 49.8 Å². The Hall–Kier alpha value is -2.22. The third-order valence-electron chi connectivity index (χ3n) is 6.70. The van der Waals surface area contributed by atoms with Crippen molar-refractivity contribution in [3.8, 4) is 5.75 Å². The minimum atomic E-state index is -0.613. The first kappa shape index (κ1) is 21.6. The molecule has 2 aromatic heterocycles. The highest BCUT2D eigenvalue weighted by molar-refractivity contribution is 7.18. The monoisotopic (exact) mass is 453 g/mol. The van der Waals surface area contributed by atoms with Crippen molar-refractivity contribution in [1.29, 1.82) is 0 Å². The Kier molecular flexibility index (Phi) is 6.57.